The van der Waals surface area contributed by atoms with Gasteiger partial charge in [0.25, 0.3) is 5.91 Å². The van der Waals surface area contributed by atoms with Crippen LogP contribution in [0, 0.1) is 0 Å². The van der Waals surface area contributed by atoms with E-state index in [1.165, 1.54) is 6.07 Å². The quantitative estimate of drug-likeness (QED) is 0.798. The smallest absolute Gasteiger partial charge is 0.252 e. The molecule has 1 amide bonds. The Labute approximate surface area is 122 Å². The molecule has 0 unspecified atom stereocenters. The van der Waals surface area contributed by atoms with Gasteiger partial charge in [0, 0.05) is 23.5 Å². The average Bonchev–Trinajstić information content (AvgIpc) is 2.92. The van der Waals surface area contributed by atoms with E-state index in [9.17, 15) is 14.7 Å². The number of para-hydroxylation sites is 1. The first kappa shape index (κ1) is 13.8. The molecule has 2 aromatic rings. The van der Waals surface area contributed by atoms with Crippen LogP contribution in [0.15, 0.2) is 35.1 Å². The molecular weight excluding hydrogens is 268 g/mol. The fourth-order valence-electron chi connectivity index (χ4n) is 2.95. The van der Waals surface area contributed by atoms with Crippen molar-refractivity contribution in [1.82, 2.24) is 10.3 Å². The van der Waals surface area contributed by atoms with Crippen LogP contribution < -0.4 is 10.9 Å². The summed E-state index contributed by atoms with van der Waals surface area (Å²) in [6, 6.07) is 8.95. The lowest BCUT2D eigenvalue weighted by molar-refractivity contribution is -0.139. The summed E-state index contributed by atoms with van der Waals surface area (Å²) in [6.45, 7) is 0.242. The maximum absolute atomic E-state index is 12.1. The van der Waals surface area contributed by atoms with Crippen molar-refractivity contribution in [2.75, 3.05) is 0 Å². The molecule has 1 saturated carbocycles. The minimum absolute atomic E-state index is 0.197. The molecule has 1 aromatic carbocycles. The van der Waals surface area contributed by atoms with Gasteiger partial charge < -0.3 is 15.4 Å². The number of hydrogen-bond acceptors (Lipinski definition) is 3. The van der Waals surface area contributed by atoms with Crippen LogP contribution >= 0.6 is 0 Å². The van der Waals surface area contributed by atoms with Crippen molar-refractivity contribution in [2.24, 2.45) is 0 Å². The van der Waals surface area contributed by atoms with Crippen molar-refractivity contribution < 1.29 is 9.90 Å². The molecule has 0 bridgehead atoms. The molecule has 21 heavy (non-hydrogen) atoms. The Bertz CT molecular complexity index is 730. The van der Waals surface area contributed by atoms with Gasteiger partial charge >= 0.3 is 0 Å². The van der Waals surface area contributed by atoms with E-state index in [0.717, 1.165) is 29.3 Å². The summed E-state index contributed by atoms with van der Waals surface area (Å²) in [5.74, 6) is -0.343. The molecule has 1 fully saturated rings. The molecule has 5 nitrogen and oxygen atoms in total. The highest BCUT2D eigenvalue weighted by Gasteiger charge is 2.38. The third-order valence-electron chi connectivity index (χ3n) is 4.13. The van der Waals surface area contributed by atoms with Crippen LogP contribution in [-0.2, 0) is 11.3 Å². The minimum Gasteiger partial charge on any atom is -0.380 e. The molecule has 1 aliphatic carbocycles. The lowest BCUT2D eigenvalue weighted by Gasteiger charge is -2.21. The number of H-pyrrole nitrogens is 1. The number of aliphatic hydroxyl groups is 1. The molecule has 5 heteroatoms. The maximum atomic E-state index is 12.1. The summed E-state index contributed by atoms with van der Waals surface area (Å²) in [4.78, 5) is 26.5. The van der Waals surface area contributed by atoms with E-state index in [0.29, 0.717) is 12.8 Å². The molecule has 3 N–H and O–H groups in total. The van der Waals surface area contributed by atoms with Crippen LogP contribution in [0.1, 0.15) is 31.2 Å². The van der Waals surface area contributed by atoms with Crippen molar-refractivity contribution in [3.8, 4) is 0 Å². The number of aromatic amines is 1. The van der Waals surface area contributed by atoms with Gasteiger partial charge in [-0.1, -0.05) is 18.2 Å². The summed E-state index contributed by atoms with van der Waals surface area (Å²) < 4.78 is 0. The highest BCUT2D eigenvalue weighted by atomic mass is 16.3. The molecule has 110 valence electrons. The molecule has 0 aliphatic heterocycles. The second kappa shape index (κ2) is 5.33. The number of carbonyl (C=O) groups is 1. The average molecular weight is 286 g/mol. The molecule has 1 heterocycles. The van der Waals surface area contributed by atoms with Crippen LogP contribution in [0.5, 0.6) is 0 Å². The highest BCUT2D eigenvalue weighted by molar-refractivity contribution is 5.86. The predicted molar refractivity (Wildman–Crippen MR) is 79.8 cm³/mol. The normalized spacial score (nSPS) is 17.0. The van der Waals surface area contributed by atoms with Gasteiger partial charge in [0.2, 0.25) is 5.56 Å². The summed E-state index contributed by atoms with van der Waals surface area (Å²) >= 11 is 0. The third-order valence-corrected chi connectivity index (χ3v) is 4.13. The SMILES string of the molecule is O=C(NCc1cc(=O)[nH]c2ccccc12)C1(O)CCCC1. The van der Waals surface area contributed by atoms with E-state index >= 15 is 0 Å². The number of nitrogens with one attached hydrogen (secondary N) is 2. The summed E-state index contributed by atoms with van der Waals surface area (Å²) in [5, 5.41) is 13.9. The van der Waals surface area contributed by atoms with E-state index in [2.05, 4.69) is 10.3 Å². The van der Waals surface area contributed by atoms with Crippen LogP contribution in [0.4, 0.5) is 0 Å². The van der Waals surface area contributed by atoms with Crippen LogP contribution in [0.2, 0.25) is 0 Å². The summed E-state index contributed by atoms with van der Waals surface area (Å²) in [5.41, 5.74) is 0.0624. The van der Waals surface area contributed by atoms with Gasteiger partial charge in [0.05, 0.1) is 0 Å². The van der Waals surface area contributed by atoms with E-state index in [1.54, 1.807) is 0 Å². The third kappa shape index (κ3) is 2.69. The monoisotopic (exact) mass is 286 g/mol. The molecule has 1 aromatic heterocycles. The summed E-state index contributed by atoms with van der Waals surface area (Å²) in [7, 11) is 0. The number of carbonyl (C=O) groups excluding carboxylic acids is 1. The zero-order valence-corrected chi connectivity index (χ0v) is 11.7. The van der Waals surface area contributed by atoms with Gasteiger partial charge in [-0.05, 0) is 37.3 Å². The van der Waals surface area contributed by atoms with Crippen molar-refractivity contribution in [3.63, 3.8) is 0 Å². The van der Waals surface area contributed by atoms with Crippen molar-refractivity contribution in [1.29, 1.82) is 0 Å². The molecule has 3 rings (SSSR count). The van der Waals surface area contributed by atoms with E-state index in [1.807, 2.05) is 24.3 Å². The van der Waals surface area contributed by atoms with Crippen LogP contribution in [-0.4, -0.2) is 21.6 Å². The van der Waals surface area contributed by atoms with Gasteiger partial charge in [-0.2, -0.15) is 0 Å². The Morgan fingerprint density at radius 3 is 2.76 bits per heavy atom. The van der Waals surface area contributed by atoms with E-state index < -0.39 is 5.60 Å². The number of rotatable bonds is 3. The lowest BCUT2D eigenvalue weighted by atomic mass is 10.0. The number of hydrogen-bond donors (Lipinski definition) is 3. The Morgan fingerprint density at radius 2 is 2.00 bits per heavy atom. The number of pyridine rings is 1. The largest absolute Gasteiger partial charge is 0.380 e. The Morgan fingerprint density at radius 1 is 1.29 bits per heavy atom. The van der Waals surface area contributed by atoms with E-state index in [4.69, 9.17) is 0 Å². The minimum atomic E-state index is -1.24. The maximum Gasteiger partial charge on any atom is 0.252 e. The number of aromatic nitrogens is 1. The lowest BCUT2D eigenvalue weighted by Crippen LogP contribution is -2.44. The molecular formula is C16H18N2O3. The van der Waals surface area contributed by atoms with Gasteiger partial charge in [-0.25, -0.2) is 0 Å². The number of amides is 1. The van der Waals surface area contributed by atoms with Crippen LogP contribution in [0.25, 0.3) is 10.9 Å². The van der Waals surface area contributed by atoms with Gasteiger partial charge in [-0.3, -0.25) is 9.59 Å². The molecule has 1 aliphatic rings. The standard InChI is InChI=1S/C16H18N2O3/c19-14-9-11(12-5-1-2-6-13(12)18-14)10-17-15(20)16(21)7-3-4-8-16/h1-2,5-6,9,21H,3-4,7-8,10H2,(H,17,20)(H,18,19). The van der Waals surface area contributed by atoms with Gasteiger partial charge in [0.15, 0.2) is 0 Å². The molecule has 0 radical (unpaired) electrons. The highest BCUT2D eigenvalue weighted by Crippen LogP contribution is 2.29. The Balaban J connectivity index is 1.82. The molecule has 0 atom stereocenters. The molecule has 0 saturated heterocycles. The van der Waals surface area contributed by atoms with Crippen LogP contribution in [0.3, 0.4) is 0 Å². The Kier molecular flexibility index (Phi) is 3.51. The first-order chi connectivity index (χ1) is 10.1. The fourth-order valence-corrected chi connectivity index (χ4v) is 2.95. The summed E-state index contributed by atoms with van der Waals surface area (Å²) in [6.07, 6.45) is 2.76. The Hall–Kier alpha value is -2.14. The number of fused-ring (bicyclic) bond motifs is 1. The first-order valence-electron chi connectivity index (χ1n) is 7.20. The van der Waals surface area contributed by atoms with Gasteiger partial charge in [-0.15, -0.1) is 0 Å². The number of benzene rings is 1. The van der Waals surface area contributed by atoms with Gasteiger partial charge in [0.1, 0.15) is 5.60 Å². The zero-order chi connectivity index (χ0) is 14.9. The fraction of sp³-hybridized carbons (Fsp3) is 0.375. The predicted octanol–water partition coefficient (Wildman–Crippen LogP) is 1.45. The molecule has 0 spiro atoms. The van der Waals surface area contributed by atoms with Crippen molar-refractivity contribution in [2.45, 2.75) is 37.8 Å². The topological polar surface area (TPSA) is 82.2 Å². The van der Waals surface area contributed by atoms with Crippen molar-refractivity contribution >= 4 is 16.8 Å². The first-order valence-corrected chi connectivity index (χ1v) is 7.20. The van der Waals surface area contributed by atoms with E-state index in [-0.39, 0.29) is 18.0 Å². The van der Waals surface area contributed by atoms with Crippen molar-refractivity contribution in [3.05, 3.63) is 46.2 Å². The second-order valence-corrected chi connectivity index (χ2v) is 5.63. The zero-order valence-electron chi connectivity index (χ0n) is 11.7. The second-order valence-electron chi connectivity index (χ2n) is 5.63.